The van der Waals surface area contributed by atoms with Crippen LogP contribution in [-0.4, -0.2) is 39.9 Å². The molecule has 1 heterocycles. The Kier molecular flexibility index (Phi) is 4.59. The molecule has 15 heavy (non-hydrogen) atoms. The Morgan fingerprint density at radius 2 is 2.13 bits per heavy atom. The van der Waals surface area contributed by atoms with Crippen LogP contribution >= 0.6 is 15.9 Å². The number of halogens is 1. The van der Waals surface area contributed by atoms with E-state index < -0.39 is 0 Å². The van der Waals surface area contributed by atoms with Gasteiger partial charge < -0.3 is 10.0 Å². The number of aliphatic hydroxyl groups is 1. The second-order valence-corrected chi connectivity index (χ2v) is 5.75. The molecule has 1 aliphatic heterocycles. The number of hydrogen-bond acceptors (Lipinski definition) is 2. The van der Waals surface area contributed by atoms with E-state index in [1.165, 1.54) is 0 Å². The lowest BCUT2D eigenvalue weighted by Gasteiger charge is -2.36. The predicted octanol–water partition coefficient (Wildman–Crippen LogP) is 1.64. The molecule has 1 saturated heterocycles. The number of aliphatic hydroxyl groups excluding tert-OH is 1. The van der Waals surface area contributed by atoms with Crippen molar-refractivity contribution in [3.8, 4) is 0 Å². The number of nitrogens with zero attached hydrogens (tertiary/aromatic N) is 1. The first-order valence-electron chi connectivity index (χ1n) is 5.54. The number of hydrogen-bond donors (Lipinski definition) is 1. The van der Waals surface area contributed by atoms with Gasteiger partial charge in [-0.1, -0.05) is 36.7 Å². The van der Waals surface area contributed by atoms with E-state index >= 15 is 0 Å². The lowest BCUT2D eigenvalue weighted by Crippen LogP contribution is -2.48. The molecule has 1 rings (SSSR count). The molecule has 0 aromatic rings. The summed E-state index contributed by atoms with van der Waals surface area (Å²) in [5.41, 5.74) is 0. The number of piperidine rings is 1. The molecule has 0 aromatic heterocycles. The summed E-state index contributed by atoms with van der Waals surface area (Å²) >= 11 is 3.42. The monoisotopic (exact) mass is 277 g/mol. The van der Waals surface area contributed by atoms with E-state index in [0.717, 1.165) is 0 Å². The molecule has 0 aliphatic carbocycles. The molecule has 0 spiro atoms. The van der Waals surface area contributed by atoms with Crippen molar-refractivity contribution in [1.29, 1.82) is 0 Å². The van der Waals surface area contributed by atoms with E-state index in [1.807, 2.05) is 25.7 Å². The van der Waals surface area contributed by atoms with Crippen LogP contribution in [0.15, 0.2) is 0 Å². The van der Waals surface area contributed by atoms with Gasteiger partial charge in [-0.05, 0) is 18.3 Å². The summed E-state index contributed by atoms with van der Waals surface area (Å²) in [6, 6.07) is 0. The van der Waals surface area contributed by atoms with Crippen LogP contribution in [0.4, 0.5) is 0 Å². The zero-order chi connectivity index (χ0) is 11.6. The second kappa shape index (κ2) is 5.30. The molecule has 3 unspecified atom stereocenters. The summed E-state index contributed by atoms with van der Waals surface area (Å²) in [6.45, 7) is 7.40. The van der Waals surface area contributed by atoms with Gasteiger partial charge in [0.2, 0.25) is 5.91 Å². The van der Waals surface area contributed by atoms with E-state index in [9.17, 15) is 9.90 Å². The van der Waals surface area contributed by atoms with Gasteiger partial charge in [0, 0.05) is 13.1 Å². The van der Waals surface area contributed by atoms with E-state index in [2.05, 4.69) is 15.9 Å². The van der Waals surface area contributed by atoms with Crippen molar-refractivity contribution in [2.24, 2.45) is 11.8 Å². The van der Waals surface area contributed by atoms with Crippen LogP contribution in [0.2, 0.25) is 0 Å². The minimum atomic E-state index is -0.248. The Morgan fingerprint density at radius 1 is 1.53 bits per heavy atom. The largest absolute Gasteiger partial charge is 0.393 e. The molecule has 0 saturated carbocycles. The average molecular weight is 278 g/mol. The summed E-state index contributed by atoms with van der Waals surface area (Å²) < 4.78 is 0. The molecule has 0 bridgehead atoms. The Hall–Kier alpha value is -0.0900. The molecule has 1 fully saturated rings. The fraction of sp³-hybridized carbons (Fsp3) is 0.909. The van der Waals surface area contributed by atoms with Crippen LogP contribution in [0.25, 0.3) is 0 Å². The lowest BCUT2D eigenvalue weighted by atomic mass is 9.96. The highest BCUT2D eigenvalue weighted by atomic mass is 79.9. The van der Waals surface area contributed by atoms with Crippen LogP contribution < -0.4 is 0 Å². The first-order valence-corrected chi connectivity index (χ1v) is 6.46. The van der Waals surface area contributed by atoms with Crippen LogP contribution in [0, 0.1) is 11.8 Å². The fourth-order valence-corrected chi connectivity index (χ4v) is 2.08. The topological polar surface area (TPSA) is 40.5 Å². The number of amides is 1. The van der Waals surface area contributed by atoms with Gasteiger partial charge >= 0.3 is 0 Å². The van der Waals surface area contributed by atoms with Gasteiger partial charge in [-0.3, -0.25) is 4.79 Å². The first kappa shape index (κ1) is 13.0. The van der Waals surface area contributed by atoms with Crippen molar-refractivity contribution in [1.82, 2.24) is 4.90 Å². The highest BCUT2D eigenvalue weighted by molar-refractivity contribution is 9.10. The Morgan fingerprint density at radius 3 is 2.60 bits per heavy atom. The van der Waals surface area contributed by atoms with E-state index in [-0.39, 0.29) is 22.8 Å². The molecule has 3 nitrogen and oxygen atoms in total. The third-order valence-electron chi connectivity index (χ3n) is 2.99. The molecule has 0 radical (unpaired) electrons. The highest BCUT2D eigenvalue weighted by Gasteiger charge is 2.30. The lowest BCUT2D eigenvalue weighted by molar-refractivity contribution is -0.134. The molecular weight excluding hydrogens is 258 g/mol. The predicted molar refractivity (Wildman–Crippen MR) is 63.9 cm³/mol. The van der Waals surface area contributed by atoms with Gasteiger partial charge in [0.05, 0.1) is 10.9 Å². The van der Waals surface area contributed by atoms with Crippen molar-refractivity contribution in [2.45, 2.75) is 38.1 Å². The van der Waals surface area contributed by atoms with Gasteiger partial charge in [0.15, 0.2) is 0 Å². The average Bonchev–Trinajstić information content (AvgIpc) is 2.19. The van der Waals surface area contributed by atoms with Crippen molar-refractivity contribution >= 4 is 21.8 Å². The smallest absolute Gasteiger partial charge is 0.236 e. The normalized spacial score (nSPS) is 29.3. The van der Waals surface area contributed by atoms with Crippen molar-refractivity contribution < 1.29 is 9.90 Å². The van der Waals surface area contributed by atoms with Gasteiger partial charge in [-0.15, -0.1) is 0 Å². The molecule has 1 N–H and O–H groups in total. The van der Waals surface area contributed by atoms with Crippen LogP contribution in [0.3, 0.4) is 0 Å². The van der Waals surface area contributed by atoms with Gasteiger partial charge in [0.25, 0.3) is 0 Å². The third-order valence-corrected chi connectivity index (χ3v) is 4.44. The number of alkyl halides is 1. The minimum Gasteiger partial charge on any atom is -0.393 e. The van der Waals surface area contributed by atoms with Crippen LogP contribution in [0.5, 0.6) is 0 Å². The summed E-state index contributed by atoms with van der Waals surface area (Å²) in [7, 11) is 0. The van der Waals surface area contributed by atoms with Gasteiger partial charge in [-0.25, -0.2) is 0 Å². The van der Waals surface area contributed by atoms with Crippen LogP contribution in [-0.2, 0) is 4.79 Å². The SMILES string of the molecule is CC(C)C(Br)C(=O)N1CCC(O)C(C)C1. The maximum Gasteiger partial charge on any atom is 0.236 e. The Balaban J connectivity index is 2.54. The summed E-state index contributed by atoms with van der Waals surface area (Å²) in [5, 5.41) is 9.58. The zero-order valence-corrected chi connectivity index (χ0v) is 11.2. The van der Waals surface area contributed by atoms with Gasteiger partial charge in [0.1, 0.15) is 0 Å². The minimum absolute atomic E-state index is 0.0973. The molecule has 4 heteroatoms. The van der Waals surface area contributed by atoms with E-state index in [4.69, 9.17) is 0 Å². The molecule has 3 atom stereocenters. The Bertz CT molecular complexity index is 233. The standard InChI is InChI=1S/C11H20BrNO2/c1-7(2)10(12)11(15)13-5-4-9(14)8(3)6-13/h7-10,14H,4-6H2,1-3H3. The summed E-state index contributed by atoms with van der Waals surface area (Å²) in [4.78, 5) is 13.7. The van der Waals surface area contributed by atoms with Crippen molar-refractivity contribution in [3.05, 3.63) is 0 Å². The highest BCUT2D eigenvalue weighted by Crippen LogP contribution is 2.21. The molecule has 88 valence electrons. The fourth-order valence-electron chi connectivity index (χ4n) is 1.79. The molecule has 1 aliphatic rings. The quantitative estimate of drug-likeness (QED) is 0.780. The number of carbonyl (C=O) groups excluding carboxylic acids is 1. The van der Waals surface area contributed by atoms with E-state index in [0.29, 0.717) is 25.4 Å². The zero-order valence-electron chi connectivity index (χ0n) is 9.61. The number of rotatable bonds is 2. The maximum absolute atomic E-state index is 12.0. The molecule has 0 aromatic carbocycles. The second-order valence-electron chi connectivity index (χ2n) is 4.76. The van der Waals surface area contributed by atoms with E-state index in [1.54, 1.807) is 0 Å². The first-order chi connectivity index (χ1) is 6.93. The summed E-state index contributed by atoms with van der Waals surface area (Å²) in [5.74, 6) is 0.651. The number of carbonyl (C=O) groups is 1. The third kappa shape index (κ3) is 3.18. The Labute approximate surface area is 100.0 Å². The van der Waals surface area contributed by atoms with Crippen LogP contribution in [0.1, 0.15) is 27.2 Å². The van der Waals surface area contributed by atoms with Gasteiger partial charge in [-0.2, -0.15) is 0 Å². The number of likely N-dealkylation sites (tertiary alicyclic amines) is 1. The van der Waals surface area contributed by atoms with Crippen molar-refractivity contribution in [2.75, 3.05) is 13.1 Å². The summed E-state index contributed by atoms with van der Waals surface area (Å²) in [6.07, 6.45) is 0.451. The van der Waals surface area contributed by atoms with Crippen molar-refractivity contribution in [3.63, 3.8) is 0 Å². The maximum atomic E-state index is 12.0. The molecular formula is C11H20BrNO2. The molecule has 1 amide bonds.